The van der Waals surface area contributed by atoms with E-state index < -0.39 is 15.2 Å². The van der Waals surface area contributed by atoms with Gasteiger partial charge in [0.15, 0.2) is 9.84 Å². The van der Waals surface area contributed by atoms with Gasteiger partial charge < -0.3 is 5.32 Å². The Labute approximate surface area is 125 Å². The molecule has 4 heteroatoms. The average Bonchev–Trinajstić information content (AvgIpc) is 2.70. The number of rotatable bonds is 3. The first kappa shape index (κ1) is 14.1. The van der Waals surface area contributed by atoms with E-state index in [0.717, 1.165) is 24.1 Å². The molecule has 21 heavy (non-hydrogen) atoms. The summed E-state index contributed by atoms with van der Waals surface area (Å²) in [5.74, 6) is 0.0909. The lowest BCUT2D eigenvalue weighted by Gasteiger charge is -2.18. The van der Waals surface area contributed by atoms with E-state index in [0.29, 0.717) is 6.42 Å². The number of hydrogen-bond donors (Lipinski definition) is 1. The van der Waals surface area contributed by atoms with Crippen LogP contribution in [-0.2, 0) is 22.0 Å². The number of hydrogen-bond acceptors (Lipinski definition) is 3. The number of aryl methyl sites for hydroxylation is 1. The average molecular weight is 301 g/mol. The second kappa shape index (κ2) is 5.90. The summed E-state index contributed by atoms with van der Waals surface area (Å²) in [7, 11) is -3.21. The molecular formula is C17H19NO2S. The molecule has 0 bridgehead atoms. The highest BCUT2D eigenvalue weighted by Gasteiger charge is 2.27. The van der Waals surface area contributed by atoms with Crippen LogP contribution in [0.15, 0.2) is 54.6 Å². The molecule has 3 rings (SSSR count). The van der Waals surface area contributed by atoms with Crippen LogP contribution in [-0.4, -0.2) is 13.8 Å². The Bertz CT molecular complexity index is 711. The van der Waals surface area contributed by atoms with Crippen molar-refractivity contribution in [2.45, 2.75) is 30.4 Å². The van der Waals surface area contributed by atoms with Crippen LogP contribution < -0.4 is 5.32 Å². The normalized spacial score (nSPS) is 18.4. The lowest BCUT2D eigenvalue weighted by atomic mass is 10.1. The molecule has 1 atom stereocenters. The highest BCUT2D eigenvalue weighted by Crippen LogP contribution is 2.27. The van der Waals surface area contributed by atoms with Gasteiger partial charge in [-0.15, -0.1) is 0 Å². The topological polar surface area (TPSA) is 46.2 Å². The van der Waals surface area contributed by atoms with Crippen molar-refractivity contribution in [1.29, 1.82) is 0 Å². The third-order valence-corrected chi connectivity index (χ3v) is 5.85. The molecule has 1 heterocycles. The standard InChI is InChI=1S/C17H19NO2S/c19-21(20,13-14-7-2-1-3-8-14)17-12-6-10-15-9-4-5-11-16(15)18-17/h1-5,7-9,11,17-18H,6,10,12-13H2. The Hall–Kier alpha value is -1.81. The molecule has 0 saturated carbocycles. The molecule has 0 aliphatic carbocycles. The molecule has 0 amide bonds. The van der Waals surface area contributed by atoms with Gasteiger partial charge in [0.05, 0.1) is 5.75 Å². The molecule has 110 valence electrons. The molecule has 1 aliphatic rings. The van der Waals surface area contributed by atoms with E-state index in [1.807, 2.05) is 48.5 Å². The van der Waals surface area contributed by atoms with Crippen molar-refractivity contribution in [2.24, 2.45) is 0 Å². The van der Waals surface area contributed by atoms with Gasteiger partial charge in [0.25, 0.3) is 0 Å². The van der Waals surface area contributed by atoms with Gasteiger partial charge in [0.2, 0.25) is 0 Å². The van der Waals surface area contributed by atoms with Crippen molar-refractivity contribution in [3.05, 3.63) is 65.7 Å². The van der Waals surface area contributed by atoms with Gasteiger partial charge in [-0.25, -0.2) is 8.42 Å². The lowest BCUT2D eigenvalue weighted by Crippen LogP contribution is -2.30. The van der Waals surface area contributed by atoms with Gasteiger partial charge in [-0.1, -0.05) is 48.5 Å². The molecule has 2 aromatic carbocycles. The van der Waals surface area contributed by atoms with Crippen LogP contribution in [0.5, 0.6) is 0 Å². The molecule has 0 radical (unpaired) electrons. The Balaban J connectivity index is 1.83. The maximum absolute atomic E-state index is 12.7. The molecule has 0 aromatic heterocycles. The third kappa shape index (κ3) is 3.27. The van der Waals surface area contributed by atoms with Gasteiger partial charge in [-0.2, -0.15) is 0 Å². The Morgan fingerprint density at radius 2 is 1.71 bits per heavy atom. The van der Waals surface area contributed by atoms with Crippen molar-refractivity contribution in [2.75, 3.05) is 5.32 Å². The minimum atomic E-state index is -3.21. The SMILES string of the molecule is O=S(=O)(Cc1ccccc1)C1CCCc2ccccc2N1. The van der Waals surface area contributed by atoms with E-state index in [1.165, 1.54) is 5.56 Å². The monoisotopic (exact) mass is 301 g/mol. The number of fused-ring (bicyclic) bond motifs is 1. The number of nitrogens with one attached hydrogen (secondary N) is 1. The van der Waals surface area contributed by atoms with Gasteiger partial charge in [-0.3, -0.25) is 0 Å². The third-order valence-electron chi connectivity index (χ3n) is 3.89. The van der Waals surface area contributed by atoms with Crippen LogP contribution in [0.4, 0.5) is 5.69 Å². The van der Waals surface area contributed by atoms with E-state index in [2.05, 4.69) is 11.4 Å². The second-order valence-corrected chi connectivity index (χ2v) is 7.66. The highest BCUT2D eigenvalue weighted by atomic mass is 32.2. The van der Waals surface area contributed by atoms with Gasteiger partial charge in [0.1, 0.15) is 5.37 Å². The summed E-state index contributed by atoms with van der Waals surface area (Å²) in [6.07, 6.45) is 2.48. The maximum Gasteiger partial charge on any atom is 0.175 e. The Morgan fingerprint density at radius 3 is 2.52 bits per heavy atom. The Kier molecular flexibility index (Phi) is 3.97. The predicted octanol–water partition coefficient (Wildman–Crippen LogP) is 3.38. The quantitative estimate of drug-likeness (QED) is 0.945. The molecule has 0 spiro atoms. The first-order valence-electron chi connectivity index (χ1n) is 7.25. The van der Waals surface area contributed by atoms with E-state index >= 15 is 0 Å². The predicted molar refractivity (Wildman–Crippen MR) is 85.9 cm³/mol. The highest BCUT2D eigenvalue weighted by molar-refractivity contribution is 7.91. The number of sulfone groups is 1. The van der Waals surface area contributed by atoms with Crippen molar-refractivity contribution in [3.8, 4) is 0 Å². The number of para-hydroxylation sites is 1. The molecule has 2 aromatic rings. The molecule has 3 nitrogen and oxygen atoms in total. The van der Waals surface area contributed by atoms with E-state index in [4.69, 9.17) is 0 Å². The lowest BCUT2D eigenvalue weighted by molar-refractivity contribution is 0.576. The van der Waals surface area contributed by atoms with E-state index in [1.54, 1.807) is 0 Å². The molecule has 1 aliphatic heterocycles. The van der Waals surface area contributed by atoms with Crippen LogP contribution in [0.3, 0.4) is 0 Å². The van der Waals surface area contributed by atoms with E-state index in [-0.39, 0.29) is 5.75 Å². The summed E-state index contributed by atoms with van der Waals surface area (Å²) >= 11 is 0. The molecule has 0 fully saturated rings. The molecule has 0 saturated heterocycles. The zero-order chi connectivity index (χ0) is 14.7. The number of anilines is 1. The molecular weight excluding hydrogens is 282 g/mol. The first-order valence-corrected chi connectivity index (χ1v) is 8.97. The number of benzene rings is 2. The van der Waals surface area contributed by atoms with Crippen molar-refractivity contribution < 1.29 is 8.42 Å². The summed E-state index contributed by atoms with van der Waals surface area (Å²) < 4.78 is 25.3. The smallest absolute Gasteiger partial charge is 0.175 e. The van der Waals surface area contributed by atoms with Crippen LogP contribution in [0.1, 0.15) is 24.0 Å². The van der Waals surface area contributed by atoms with Crippen molar-refractivity contribution in [1.82, 2.24) is 0 Å². The minimum absolute atomic E-state index is 0.0909. The fourth-order valence-electron chi connectivity index (χ4n) is 2.78. The van der Waals surface area contributed by atoms with Crippen LogP contribution >= 0.6 is 0 Å². The minimum Gasteiger partial charge on any atom is -0.369 e. The van der Waals surface area contributed by atoms with Crippen LogP contribution in [0.25, 0.3) is 0 Å². The first-order chi connectivity index (χ1) is 10.1. The van der Waals surface area contributed by atoms with Crippen LogP contribution in [0, 0.1) is 0 Å². The van der Waals surface area contributed by atoms with E-state index in [9.17, 15) is 8.42 Å². The fourth-order valence-corrected chi connectivity index (χ4v) is 4.47. The zero-order valence-electron chi connectivity index (χ0n) is 11.8. The summed E-state index contributed by atoms with van der Waals surface area (Å²) in [6.45, 7) is 0. The fraction of sp³-hybridized carbons (Fsp3) is 0.294. The molecule has 1 unspecified atom stereocenters. The van der Waals surface area contributed by atoms with Gasteiger partial charge >= 0.3 is 0 Å². The summed E-state index contributed by atoms with van der Waals surface area (Å²) in [4.78, 5) is 0. The van der Waals surface area contributed by atoms with Gasteiger partial charge in [0, 0.05) is 5.69 Å². The summed E-state index contributed by atoms with van der Waals surface area (Å²) in [6, 6.07) is 17.3. The van der Waals surface area contributed by atoms with Crippen LogP contribution in [0.2, 0.25) is 0 Å². The Morgan fingerprint density at radius 1 is 1.00 bits per heavy atom. The summed E-state index contributed by atoms with van der Waals surface area (Å²) in [5, 5.41) is 2.73. The maximum atomic E-state index is 12.7. The zero-order valence-corrected chi connectivity index (χ0v) is 12.6. The van der Waals surface area contributed by atoms with Crippen molar-refractivity contribution >= 4 is 15.5 Å². The van der Waals surface area contributed by atoms with Gasteiger partial charge in [-0.05, 0) is 36.5 Å². The second-order valence-electron chi connectivity index (χ2n) is 5.48. The largest absolute Gasteiger partial charge is 0.369 e. The molecule has 1 N–H and O–H groups in total. The summed E-state index contributed by atoms with van der Waals surface area (Å²) in [5.41, 5.74) is 3.00. The van der Waals surface area contributed by atoms with Crippen molar-refractivity contribution in [3.63, 3.8) is 0 Å².